The predicted octanol–water partition coefficient (Wildman–Crippen LogP) is 3.08. The summed E-state index contributed by atoms with van der Waals surface area (Å²) in [5, 5.41) is 0. The average Bonchev–Trinajstić information content (AvgIpc) is 2.89. The zero-order valence-electron chi connectivity index (χ0n) is 9.42. The van der Waals surface area contributed by atoms with Crippen molar-refractivity contribution in [3.8, 4) is 0 Å². The van der Waals surface area contributed by atoms with Crippen molar-refractivity contribution in [2.45, 2.75) is 17.7 Å². The van der Waals surface area contributed by atoms with Crippen LogP contribution in [0.3, 0.4) is 0 Å². The van der Waals surface area contributed by atoms with Gasteiger partial charge in [0, 0.05) is 5.56 Å². The predicted molar refractivity (Wildman–Crippen MR) is 70.8 cm³/mol. The Hall–Kier alpha value is -1.20. The second-order valence-corrected chi connectivity index (χ2v) is 5.47. The van der Waals surface area contributed by atoms with E-state index in [-0.39, 0.29) is 5.78 Å². The maximum absolute atomic E-state index is 11.9. The van der Waals surface area contributed by atoms with Crippen LogP contribution in [0.25, 0.3) is 0 Å². The summed E-state index contributed by atoms with van der Waals surface area (Å²) in [5.74, 6) is 0.550. The Balaban J connectivity index is 1.95. The maximum Gasteiger partial charge on any atom is 0.173 e. The molecular formula is C12H12N2OS2. The summed E-state index contributed by atoms with van der Waals surface area (Å²) in [6, 6.07) is 7.79. The number of nitrogens with zero attached hydrogens (tertiary/aromatic N) is 2. The van der Waals surface area contributed by atoms with Crippen LogP contribution in [0.1, 0.15) is 22.8 Å². The molecule has 2 aromatic rings. The zero-order valence-corrected chi connectivity index (χ0v) is 11.1. The first-order valence-electron chi connectivity index (χ1n) is 5.31. The Bertz CT molecular complexity index is 480. The molecule has 0 amide bonds. The summed E-state index contributed by atoms with van der Waals surface area (Å²) in [7, 11) is 0. The van der Waals surface area contributed by atoms with Gasteiger partial charge in [-0.25, -0.2) is 4.98 Å². The monoisotopic (exact) mass is 264 g/mol. The zero-order chi connectivity index (χ0) is 12.1. The van der Waals surface area contributed by atoms with Crippen molar-refractivity contribution in [2.24, 2.45) is 0 Å². The lowest BCUT2D eigenvalue weighted by Gasteiger charge is -2.01. The Morgan fingerprint density at radius 1 is 1.35 bits per heavy atom. The summed E-state index contributed by atoms with van der Waals surface area (Å²) >= 11 is 2.75. The van der Waals surface area contributed by atoms with E-state index < -0.39 is 0 Å². The van der Waals surface area contributed by atoms with Gasteiger partial charge < -0.3 is 0 Å². The number of ketones is 1. The lowest BCUT2D eigenvalue weighted by atomic mass is 10.1. The highest BCUT2D eigenvalue weighted by atomic mass is 32.2. The molecule has 17 heavy (non-hydrogen) atoms. The Kier molecular flexibility index (Phi) is 4.28. The van der Waals surface area contributed by atoms with Gasteiger partial charge in [-0.3, -0.25) is 4.79 Å². The van der Waals surface area contributed by atoms with Crippen LogP contribution in [0.15, 0.2) is 34.9 Å². The van der Waals surface area contributed by atoms with E-state index in [4.69, 9.17) is 0 Å². The molecule has 0 unspecified atom stereocenters. The molecule has 1 aromatic heterocycles. The fraction of sp³-hybridized carbons (Fsp3) is 0.250. The molecule has 0 bridgehead atoms. The van der Waals surface area contributed by atoms with Gasteiger partial charge in [-0.15, -0.1) is 0 Å². The number of carbonyl (C=O) groups excluding carboxylic acids is 1. The molecule has 2 rings (SSSR count). The molecule has 1 heterocycles. The Morgan fingerprint density at radius 3 is 2.71 bits per heavy atom. The van der Waals surface area contributed by atoms with Crippen LogP contribution in [0, 0.1) is 0 Å². The molecule has 0 atom stereocenters. The second kappa shape index (κ2) is 5.93. The average molecular weight is 264 g/mol. The van der Waals surface area contributed by atoms with Crippen LogP contribution in [-0.4, -0.2) is 20.9 Å². The van der Waals surface area contributed by atoms with E-state index in [9.17, 15) is 4.79 Å². The molecule has 0 saturated heterocycles. The van der Waals surface area contributed by atoms with Crippen molar-refractivity contribution in [3.05, 3.63) is 41.7 Å². The normalized spacial score (nSPS) is 10.4. The molecule has 0 radical (unpaired) electrons. The van der Waals surface area contributed by atoms with Gasteiger partial charge in [0.2, 0.25) is 0 Å². The minimum absolute atomic E-state index is 0.132. The van der Waals surface area contributed by atoms with E-state index in [1.165, 1.54) is 35.2 Å². The number of aryl methyl sites for hydroxylation is 1. The van der Waals surface area contributed by atoms with E-state index in [0.29, 0.717) is 5.75 Å². The number of aromatic nitrogens is 2. The minimum atomic E-state index is 0.132. The molecule has 0 N–H and O–H groups in total. The van der Waals surface area contributed by atoms with Gasteiger partial charge >= 0.3 is 0 Å². The molecule has 5 heteroatoms. The van der Waals surface area contributed by atoms with Gasteiger partial charge in [0.05, 0.1) is 5.75 Å². The number of Topliss-reactive ketones (excluding diaryl/α,β-unsaturated/α-hetero) is 1. The molecule has 0 saturated carbocycles. The van der Waals surface area contributed by atoms with Gasteiger partial charge in [-0.05, 0) is 23.5 Å². The minimum Gasteiger partial charge on any atom is -0.293 e. The van der Waals surface area contributed by atoms with Crippen molar-refractivity contribution >= 4 is 29.1 Å². The highest BCUT2D eigenvalue weighted by Gasteiger charge is 2.07. The van der Waals surface area contributed by atoms with E-state index >= 15 is 0 Å². The van der Waals surface area contributed by atoms with Crippen LogP contribution in [0.4, 0.5) is 0 Å². The highest BCUT2D eigenvalue weighted by Crippen LogP contribution is 2.19. The van der Waals surface area contributed by atoms with Crippen molar-refractivity contribution in [1.29, 1.82) is 0 Å². The molecule has 0 aliphatic rings. The third-order valence-electron chi connectivity index (χ3n) is 2.35. The number of carbonyl (C=O) groups is 1. The summed E-state index contributed by atoms with van der Waals surface area (Å²) in [6.45, 7) is 2.10. The first-order chi connectivity index (χ1) is 8.29. The summed E-state index contributed by atoms with van der Waals surface area (Å²) in [4.78, 5) is 15.9. The molecule has 0 aliphatic carbocycles. The van der Waals surface area contributed by atoms with Gasteiger partial charge in [0.1, 0.15) is 6.33 Å². The van der Waals surface area contributed by atoms with Crippen molar-refractivity contribution in [1.82, 2.24) is 9.36 Å². The largest absolute Gasteiger partial charge is 0.293 e. The van der Waals surface area contributed by atoms with E-state index in [1.807, 2.05) is 24.3 Å². The third-order valence-corrected chi connectivity index (χ3v) is 4.15. The molecule has 88 valence electrons. The first kappa shape index (κ1) is 12.3. The molecular weight excluding hydrogens is 252 g/mol. The van der Waals surface area contributed by atoms with Crippen molar-refractivity contribution in [2.75, 3.05) is 5.75 Å². The van der Waals surface area contributed by atoms with Gasteiger partial charge in [-0.1, -0.05) is 43.0 Å². The van der Waals surface area contributed by atoms with Crippen LogP contribution in [0.2, 0.25) is 0 Å². The van der Waals surface area contributed by atoms with Gasteiger partial charge in [-0.2, -0.15) is 4.37 Å². The molecule has 0 fully saturated rings. The van der Waals surface area contributed by atoms with E-state index in [2.05, 4.69) is 16.3 Å². The standard InChI is InChI=1S/C12H12N2OS2/c1-2-9-3-5-10(6-4-9)11(15)7-16-12-13-8-14-17-12/h3-6,8H,2,7H2,1H3. The molecule has 0 spiro atoms. The number of thioether (sulfide) groups is 1. The third kappa shape index (κ3) is 3.38. The van der Waals surface area contributed by atoms with E-state index in [0.717, 1.165) is 16.3 Å². The molecule has 3 nitrogen and oxygen atoms in total. The molecule has 1 aromatic carbocycles. The Labute approximate surface area is 108 Å². The fourth-order valence-electron chi connectivity index (χ4n) is 1.36. The number of benzene rings is 1. The van der Waals surface area contributed by atoms with Crippen LogP contribution < -0.4 is 0 Å². The number of hydrogen-bond acceptors (Lipinski definition) is 5. The first-order valence-corrected chi connectivity index (χ1v) is 7.07. The Morgan fingerprint density at radius 2 is 2.12 bits per heavy atom. The maximum atomic E-state index is 11.9. The van der Waals surface area contributed by atoms with Crippen molar-refractivity contribution < 1.29 is 4.79 Å². The lowest BCUT2D eigenvalue weighted by molar-refractivity contribution is 0.102. The van der Waals surface area contributed by atoms with Crippen LogP contribution >= 0.6 is 23.3 Å². The number of rotatable bonds is 5. The fourth-order valence-corrected chi connectivity index (χ4v) is 2.70. The SMILES string of the molecule is CCc1ccc(C(=O)CSc2ncns2)cc1. The summed E-state index contributed by atoms with van der Waals surface area (Å²) in [6.07, 6.45) is 2.50. The second-order valence-electron chi connectivity index (χ2n) is 3.47. The van der Waals surface area contributed by atoms with Crippen LogP contribution in [-0.2, 0) is 6.42 Å². The van der Waals surface area contributed by atoms with E-state index in [1.54, 1.807) is 0 Å². The molecule has 0 aliphatic heterocycles. The smallest absolute Gasteiger partial charge is 0.173 e. The highest BCUT2D eigenvalue weighted by molar-refractivity contribution is 8.01. The quantitative estimate of drug-likeness (QED) is 0.615. The van der Waals surface area contributed by atoms with Gasteiger partial charge in [0.15, 0.2) is 10.1 Å². The van der Waals surface area contributed by atoms with Gasteiger partial charge in [0.25, 0.3) is 0 Å². The van der Waals surface area contributed by atoms with Crippen molar-refractivity contribution in [3.63, 3.8) is 0 Å². The number of hydrogen-bond donors (Lipinski definition) is 0. The summed E-state index contributed by atoms with van der Waals surface area (Å²) in [5.41, 5.74) is 2.01. The summed E-state index contributed by atoms with van der Waals surface area (Å²) < 4.78 is 4.73. The lowest BCUT2D eigenvalue weighted by Crippen LogP contribution is -2.02. The van der Waals surface area contributed by atoms with Crippen LogP contribution in [0.5, 0.6) is 0 Å². The topological polar surface area (TPSA) is 42.9 Å².